The van der Waals surface area contributed by atoms with E-state index >= 15 is 0 Å². The highest BCUT2D eigenvalue weighted by molar-refractivity contribution is 9.10. The van der Waals surface area contributed by atoms with Gasteiger partial charge in [0.1, 0.15) is 5.69 Å². The van der Waals surface area contributed by atoms with Crippen molar-refractivity contribution in [2.24, 2.45) is 0 Å². The van der Waals surface area contributed by atoms with E-state index in [-0.39, 0.29) is 11.4 Å². The van der Waals surface area contributed by atoms with Crippen LogP contribution in [0.5, 0.6) is 0 Å². The monoisotopic (exact) mass is 393 g/mol. The molecule has 25 heavy (non-hydrogen) atoms. The van der Waals surface area contributed by atoms with E-state index in [1.165, 1.54) is 5.56 Å². The normalized spacial score (nSPS) is 16.8. The minimum absolute atomic E-state index is 0.0153. The van der Waals surface area contributed by atoms with E-state index in [0.717, 1.165) is 39.8 Å². The molecule has 1 aliphatic heterocycles. The van der Waals surface area contributed by atoms with Crippen LogP contribution in [0.4, 0.5) is 0 Å². The number of carbonyl (C=O) groups is 1. The Morgan fingerprint density at radius 1 is 1.24 bits per heavy atom. The quantitative estimate of drug-likeness (QED) is 0.668. The number of benzene rings is 1. The Morgan fingerprint density at radius 2 is 2.08 bits per heavy atom. The zero-order valence-electron chi connectivity index (χ0n) is 13.7. The van der Waals surface area contributed by atoms with E-state index < -0.39 is 0 Å². The first-order valence-corrected chi connectivity index (χ1v) is 9.14. The number of amides is 1. The summed E-state index contributed by atoms with van der Waals surface area (Å²) in [4.78, 5) is 17.1. The van der Waals surface area contributed by atoms with Gasteiger partial charge >= 0.3 is 0 Å². The highest BCUT2D eigenvalue weighted by Crippen LogP contribution is 2.50. The van der Waals surface area contributed by atoms with Gasteiger partial charge < -0.3 is 9.88 Å². The second kappa shape index (κ2) is 5.05. The van der Waals surface area contributed by atoms with Gasteiger partial charge in [0.05, 0.1) is 11.2 Å². The van der Waals surface area contributed by atoms with Crippen LogP contribution in [0.3, 0.4) is 0 Å². The van der Waals surface area contributed by atoms with Crippen LogP contribution >= 0.6 is 15.9 Å². The topological polar surface area (TPSA) is 46.9 Å². The molecule has 5 heteroatoms. The van der Waals surface area contributed by atoms with Gasteiger partial charge in [-0.3, -0.25) is 9.78 Å². The SMILES string of the molecule is Cc1ncccc1-c1ccc2c(c1)-n1cc(Br)cc1C(=O)NC21CC1. The molecule has 0 atom stereocenters. The standard InChI is InChI=1S/C20H16BrN3O/c1-12-15(3-2-8-22-12)13-4-5-16-17(9-13)24-11-14(21)10-18(24)19(25)23-20(16)6-7-20/h2-5,8-11H,6-7H2,1H3,(H,23,25). The molecule has 0 saturated heterocycles. The Labute approximate surface area is 154 Å². The molecule has 0 unspecified atom stereocenters. The summed E-state index contributed by atoms with van der Waals surface area (Å²) in [7, 11) is 0. The van der Waals surface area contributed by atoms with Crippen LogP contribution in [0, 0.1) is 6.92 Å². The predicted molar refractivity (Wildman–Crippen MR) is 99.8 cm³/mol. The van der Waals surface area contributed by atoms with Gasteiger partial charge in [0, 0.05) is 33.7 Å². The lowest BCUT2D eigenvalue weighted by molar-refractivity contribution is 0.0927. The highest BCUT2D eigenvalue weighted by Gasteiger charge is 2.49. The first-order chi connectivity index (χ1) is 12.1. The number of aromatic nitrogens is 2. The molecule has 1 amide bonds. The maximum atomic E-state index is 12.7. The fourth-order valence-corrected chi connectivity index (χ4v) is 4.19. The van der Waals surface area contributed by atoms with Crippen molar-refractivity contribution >= 4 is 21.8 Å². The average molecular weight is 394 g/mol. The van der Waals surface area contributed by atoms with Crippen molar-refractivity contribution in [2.75, 3.05) is 0 Å². The molecule has 4 nitrogen and oxygen atoms in total. The Morgan fingerprint density at radius 3 is 2.84 bits per heavy atom. The molecule has 1 fully saturated rings. The first-order valence-electron chi connectivity index (χ1n) is 8.35. The molecule has 3 heterocycles. The number of nitrogens with zero attached hydrogens (tertiary/aromatic N) is 2. The Bertz CT molecular complexity index is 1030. The molecule has 1 saturated carbocycles. The van der Waals surface area contributed by atoms with Crippen LogP contribution in [-0.2, 0) is 5.54 Å². The lowest BCUT2D eigenvalue weighted by Gasteiger charge is -2.18. The summed E-state index contributed by atoms with van der Waals surface area (Å²) >= 11 is 3.51. The fourth-order valence-electron chi connectivity index (χ4n) is 3.77. The Hall–Kier alpha value is -2.40. The van der Waals surface area contributed by atoms with Gasteiger partial charge in [0.2, 0.25) is 0 Å². The number of pyridine rings is 1. The molecule has 3 aromatic rings. The zero-order chi connectivity index (χ0) is 17.2. The minimum atomic E-state index is -0.208. The van der Waals surface area contributed by atoms with Crippen LogP contribution in [0.2, 0.25) is 0 Å². The molecule has 0 bridgehead atoms. The van der Waals surface area contributed by atoms with E-state index in [4.69, 9.17) is 0 Å². The van der Waals surface area contributed by atoms with Crippen molar-refractivity contribution in [3.05, 3.63) is 70.2 Å². The zero-order valence-corrected chi connectivity index (χ0v) is 15.3. The number of aryl methyl sites for hydroxylation is 1. The van der Waals surface area contributed by atoms with Crippen LogP contribution in [-0.4, -0.2) is 15.5 Å². The number of hydrogen-bond donors (Lipinski definition) is 1. The third kappa shape index (κ3) is 2.19. The van der Waals surface area contributed by atoms with Crippen LogP contribution < -0.4 is 5.32 Å². The highest BCUT2D eigenvalue weighted by atomic mass is 79.9. The van der Waals surface area contributed by atoms with E-state index in [9.17, 15) is 4.79 Å². The van der Waals surface area contributed by atoms with Crippen molar-refractivity contribution < 1.29 is 4.79 Å². The average Bonchev–Trinajstić information content (AvgIpc) is 3.28. The van der Waals surface area contributed by atoms with E-state index in [1.54, 1.807) is 0 Å². The second-order valence-electron chi connectivity index (χ2n) is 6.82. The van der Waals surface area contributed by atoms with Gasteiger partial charge in [0.25, 0.3) is 5.91 Å². The molecule has 5 rings (SSSR count). The molecule has 2 aromatic heterocycles. The summed E-state index contributed by atoms with van der Waals surface area (Å²) < 4.78 is 2.90. The van der Waals surface area contributed by atoms with Gasteiger partial charge in [-0.15, -0.1) is 0 Å². The van der Waals surface area contributed by atoms with Crippen LogP contribution in [0.1, 0.15) is 34.6 Å². The fraction of sp³-hybridized carbons (Fsp3) is 0.200. The molecule has 0 radical (unpaired) electrons. The number of carbonyl (C=O) groups excluding carboxylic acids is 1. The van der Waals surface area contributed by atoms with Crippen molar-refractivity contribution in [3.63, 3.8) is 0 Å². The third-order valence-electron chi connectivity index (χ3n) is 5.21. The van der Waals surface area contributed by atoms with Gasteiger partial charge in [0.15, 0.2) is 0 Å². The number of halogens is 1. The lowest BCUT2D eigenvalue weighted by Crippen LogP contribution is -2.33. The summed E-state index contributed by atoms with van der Waals surface area (Å²) in [5.41, 5.74) is 5.94. The molecule has 1 aromatic carbocycles. The number of fused-ring (bicyclic) bond motifs is 4. The maximum Gasteiger partial charge on any atom is 0.269 e. The number of rotatable bonds is 1. The largest absolute Gasteiger partial charge is 0.341 e. The summed E-state index contributed by atoms with van der Waals surface area (Å²) in [5.74, 6) is -0.0153. The van der Waals surface area contributed by atoms with Crippen LogP contribution in [0.15, 0.2) is 53.3 Å². The second-order valence-corrected chi connectivity index (χ2v) is 7.73. The van der Waals surface area contributed by atoms with Crippen molar-refractivity contribution in [2.45, 2.75) is 25.3 Å². The van der Waals surface area contributed by atoms with Gasteiger partial charge in [-0.05, 0) is 59.5 Å². The molecule has 2 aliphatic rings. The molecular formula is C20H16BrN3O. The maximum absolute atomic E-state index is 12.7. The molecule has 1 N–H and O–H groups in total. The predicted octanol–water partition coefficient (Wildman–Crippen LogP) is 4.34. The van der Waals surface area contributed by atoms with Crippen molar-refractivity contribution in [1.82, 2.24) is 14.9 Å². The van der Waals surface area contributed by atoms with E-state index in [0.29, 0.717) is 5.69 Å². The summed E-state index contributed by atoms with van der Waals surface area (Å²) in [6, 6.07) is 12.4. The minimum Gasteiger partial charge on any atom is -0.341 e. The van der Waals surface area contributed by atoms with Crippen molar-refractivity contribution in [1.29, 1.82) is 0 Å². The van der Waals surface area contributed by atoms with Gasteiger partial charge in [-0.1, -0.05) is 18.2 Å². The molecule has 1 aliphatic carbocycles. The summed E-state index contributed by atoms with van der Waals surface area (Å²) in [6.45, 7) is 2.02. The van der Waals surface area contributed by atoms with Gasteiger partial charge in [-0.2, -0.15) is 0 Å². The summed E-state index contributed by atoms with van der Waals surface area (Å²) in [5, 5.41) is 3.23. The Balaban J connectivity index is 1.78. The number of hydrogen-bond acceptors (Lipinski definition) is 2. The van der Waals surface area contributed by atoms with Crippen LogP contribution in [0.25, 0.3) is 16.8 Å². The first kappa shape index (κ1) is 14.9. The van der Waals surface area contributed by atoms with E-state index in [1.807, 2.05) is 36.0 Å². The molecular weight excluding hydrogens is 378 g/mol. The Kier molecular flexibility index (Phi) is 3.01. The number of nitrogens with one attached hydrogen (secondary N) is 1. The summed E-state index contributed by atoms with van der Waals surface area (Å²) in [6.07, 6.45) is 5.76. The lowest BCUT2D eigenvalue weighted by atomic mass is 9.96. The van der Waals surface area contributed by atoms with Gasteiger partial charge in [-0.25, -0.2) is 0 Å². The molecule has 1 spiro atoms. The molecule has 124 valence electrons. The third-order valence-corrected chi connectivity index (χ3v) is 5.65. The van der Waals surface area contributed by atoms with E-state index in [2.05, 4.69) is 50.5 Å². The smallest absolute Gasteiger partial charge is 0.269 e. The van der Waals surface area contributed by atoms with Crippen molar-refractivity contribution in [3.8, 4) is 16.8 Å².